The van der Waals surface area contributed by atoms with E-state index in [4.69, 9.17) is 0 Å². The van der Waals surface area contributed by atoms with Crippen LogP contribution in [0.1, 0.15) is 50.1 Å². The fourth-order valence-electron chi connectivity index (χ4n) is 6.03. The van der Waals surface area contributed by atoms with Crippen LogP contribution in [0.3, 0.4) is 0 Å². The summed E-state index contributed by atoms with van der Waals surface area (Å²) >= 11 is 0. The predicted molar refractivity (Wildman–Crippen MR) is 110 cm³/mol. The summed E-state index contributed by atoms with van der Waals surface area (Å²) in [5.41, 5.74) is 1.14. The Morgan fingerprint density at radius 3 is 2.31 bits per heavy atom. The van der Waals surface area contributed by atoms with E-state index in [1.54, 1.807) is 0 Å². The van der Waals surface area contributed by atoms with E-state index in [1.807, 2.05) is 30.4 Å². The molecule has 0 spiro atoms. The zero-order chi connectivity index (χ0) is 20.0. The number of carbonyl (C=O) groups is 3. The fourth-order valence-corrected chi connectivity index (χ4v) is 6.03. The van der Waals surface area contributed by atoms with Crippen LogP contribution in [0.5, 0.6) is 0 Å². The first-order chi connectivity index (χ1) is 14.2. The molecule has 1 amide bonds. The van der Waals surface area contributed by atoms with Gasteiger partial charge in [-0.3, -0.25) is 14.4 Å². The van der Waals surface area contributed by atoms with Crippen molar-refractivity contribution in [1.82, 2.24) is 4.90 Å². The van der Waals surface area contributed by atoms with Gasteiger partial charge in [0.2, 0.25) is 5.91 Å². The fraction of sp³-hybridized carbons (Fsp3) is 0.480. The number of likely N-dealkylation sites (tertiary alicyclic amines) is 1. The van der Waals surface area contributed by atoms with Crippen LogP contribution in [0.2, 0.25) is 0 Å². The molecule has 150 valence electrons. The zero-order valence-corrected chi connectivity index (χ0v) is 16.6. The summed E-state index contributed by atoms with van der Waals surface area (Å²) in [5.74, 6) is -0.979. The van der Waals surface area contributed by atoms with Gasteiger partial charge in [-0.25, -0.2) is 0 Å². The highest BCUT2D eigenvalue weighted by Gasteiger charge is 2.57. The molecule has 1 heterocycles. The van der Waals surface area contributed by atoms with E-state index >= 15 is 0 Å². The minimum Gasteiger partial charge on any atom is -0.332 e. The quantitative estimate of drug-likeness (QED) is 0.579. The van der Waals surface area contributed by atoms with Crippen molar-refractivity contribution in [1.29, 1.82) is 0 Å². The monoisotopic (exact) mass is 389 g/mol. The Hall–Kier alpha value is -2.49. The van der Waals surface area contributed by atoms with Gasteiger partial charge in [0.05, 0.1) is 12.0 Å². The predicted octanol–water partition coefficient (Wildman–Crippen LogP) is 4.04. The molecule has 2 fully saturated rings. The molecule has 29 heavy (non-hydrogen) atoms. The SMILES string of the molecule is O=C1C=CC(=O)[C@H]2CC=C[C@@H]([C@H]3C(=O)N(C4CCCCC4)[C@H]3c3ccccc3)[C@@H]12. The van der Waals surface area contributed by atoms with Crippen molar-refractivity contribution < 1.29 is 14.4 Å². The zero-order valence-electron chi connectivity index (χ0n) is 16.6. The van der Waals surface area contributed by atoms with E-state index in [-0.39, 0.29) is 41.3 Å². The van der Waals surface area contributed by atoms with E-state index in [9.17, 15) is 14.4 Å². The average molecular weight is 389 g/mol. The van der Waals surface area contributed by atoms with Crippen LogP contribution in [0.25, 0.3) is 0 Å². The van der Waals surface area contributed by atoms with Gasteiger partial charge in [-0.1, -0.05) is 61.7 Å². The number of carbonyl (C=O) groups excluding carboxylic acids is 3. The van der Waals surface area contributed by atoms with Crippen molar-refractivity contribution in [3.05, 3.63) is 60.2 Å². The first kappa shape index (κ1) is 18.5. The third-order valence-corrected chi connectivity index (χ3v) is 7.41. The number of allylic oxidation sites excluding steroid dienone is 4. The van der Waals surface area contributed by atoms with Crippen LogP contribution in [0.15, 0.2) is 54.6 Å². The van der Waals surface area contributed by atoms with Gasteiger partial charge in [-0.15, -0.1) is 0 Å². The van der Waals surface area contributed by atoms with Crippen LogP contribution < -0.4 is 0 Å². The van der Waals surface area contributed by atoms with Gasteiger partial charge in [-0.05, 0) is 37.0 Å². The van der Waals surface area contributed by atoms with Gasteiger partial charge in [0.15, 0.2) is 11.6 Å². The summed E-state index contributed by atoms with van der Waals surface area (Å²) in [6, 6.07) is 10.5. The Kier molecular flexibility index (Phi) is 4.73. The molecular weight excluding hydrogens is 362 g/mol. The lowest BCUT2D eigenvalue weighted by atomic mass is 9.60. The van der Waals surface area contributed by atoms with Crippen molar-refractivity contribution in [2.75, 3.05) is 0 Å². The number of β-lactam (4-membered cyclic amide) rings is 1. The van der Waals surface area contributed by atoms with Crippen molar-refractivity contribution in [2.24, 2.45) is 23.7 Å². The summed E-state index contributed by atoms with van der Waals surface area (Å²) in [7, 11) is 0. The lowest BCUT2D eigenvalue weighted by molar-refractivity contribution is -0.169. The summed E-state index contributed by atoms with van der Waals surface area (Å²) in [4.78, 5) is 40.8. The Labute approximate surface area is 171 Å². The minimum absolute atomic E-state index is 0.000298. The topological polar surface area (TPSA) is 54.5 Å². The number of nitrogens with zero attached hydrogens (tertiary/aromatic N) is 1. The van der Waals surface area contributed by atoms with Gasteiger partial charge in [0.1, 0.15) is 0 Å². The van der Waals surface area contributed by atoms with E-state index in [1.165, 1.54) is 31.4 Å². The first-order valence-electron chi connectivity index (χ1n) is 11.0. The number of amides is 1. The summed E-state index contributed by atoms with van der Waals surface area (Å²) < 4.78 is 0. The van der Waals surface area contributed by atoms with Crippen LogP contribution >= 0.6 is 0 Å². The standard InChI is InChI=1S/C25H27NO3/c27-20-14-15-21(28)22-18(20)12-7-13-19(22)23-24(16-8-3-1-4-9-16)26(25(23)29)17-10-5-2-6-11-17/h1,3-4,7-9,13-15,17-19,22-24H,2,5-6,10-12H2/t18-,19-,22+,23-,24+/m1/s1. The maximum atomic E-state index is 13.5. The molecule has 1 aliphatic heterocycles. The minimum atomic E-state index is -0.397. The van der Waals surface area contributed by atoms with Crippen molar-refractivity contribution in [3.8, 4) is 0 Å². The Morgan fingerprint density at radius 2 is 1.55 bits per heavy atom. The molecule has 1 aromatic carbocycles. The second kappa shape index (κ2) is 7.40. The lowest BCUT2D eigenvalue weighted by Crippen LogP contribution is -2.63. The molecule has 0 aromatic heterocycles. The highest BCUT2D eigenvalue weighted by Crippen LogP contribution is 2.52. The molecule has 0 bridgehead atoms. The Morgan fingerprint density at radius 1 is 0.828 bits per heavy atom. The molecule has 1 saturated heterocycles. The van der Waals surface area contributed by atoms with Gasteiger partial charge in [-0.2, -0.15) is 0 Å². The molecule has 5 rings (SSSR count). The third kappa shape index (κ3) is 3.00. The number of benzene rings is 1. The van der Waals surface area contributed by atoms with Gasteiger partial charge >= 0.3 is 0 Å². The summed E-state index contributed by atoms with van der Waals surface area (Å²) in [5, 5.41) is 0. The highest BCUT2D eigenvalue weighted by atomic mass is 16.2. The Bertz CT molecular complexity index is 881. The van der Waals surface area contributed by atoms with Crippen LogP contribution in [0.4, 0.5) is 0 Å². The smallest absolute Gasteiger partial charge is 0.229 e. The molecule has 1 aromatic rings. The third-order valence-electron chi connectivity index (χ3n) is 7.41. The molecule has 0 N–H and O–H groups in total. The molecule has 0 unspecified atom stereocenters. The molecular formula is C25H27NO3. The first-order valence-corrected chi connectivity index (χ1v) is 11.0. The average Bonchev–Trinajstić information content (AvgIpc) is 2.76. The lowest BCUT2D eigenvalue weighted by Gasteiger charge is -2.56. The number of ketones is 2. The summed E-state index contributed by atoms with van der Waals surface area (Å²) in [6.45, 7) is 0. The number of hydrogen-bond donors (Lipinski definition) is 0. The molecule has 4 aliphatic rings. The number of hydrogen-bond acceptors (Lipinski definition) is 3. The normalized spacial score (nSPS) is 34.8. The Balaban J connectivity index is 1.51. The van der Waals surface area contributed by atoms with E-state index in [0.29, 0.717) is 12.5 Å². The molecule has 0 radical (unpaired) electrons. The van der Waals surface area contributed by atoms with Gasteiger partial charge < -0.3 is 4.90 Å². The maximum Gasteiger partial charge on any atom is 0.229 e. The second-order valence-electron chi connectivity index (χ2n) is 8.93. The molecule has 1 saturated carbocycles. The van der Waals surface area contributed by atoms with E-state index in [2.05, 4.69) is 17.0 Å². The molecule has 3 aliphatic carbocycles. The van der Waals surface area contributed by atoms with E-state index in [0.717, 1.165) is 18.4 Å². The molecule has 4 heteroatoms. The van der Waals surface area contributed by atoms with Crippen molar-refractivity contribution in [3.63, 3.8) is 0 Å². The maximum absolute atomic E-state index is 13.5. The van der Waals surface area contributed by atoms with Crippen molar-refractivity contribution in [2.45, 2.75) is 50.6 Å². The van der Waals surface area contributed by atoms with Crippen molar-refractivity contribution >= 4 is 17.5 Å². The highest BCUT2D eigenvalue weighted by molar-refractivity contribution is 6.08. The van der Waals surface area contributed by atoms with Crippen LogP contribution in [-0.2, 0) is 14.4 Å². The van der Waals surface area contributed by atoms with Crippen LogP contribution in [0, 0.1) is 23.7 Å². The second-order valence-corrected chi connectivity index (χ2v) is 8.93. The summed E-state index contributed by atoms with van der Waals surface area (Å²) in [6.07, 6.45) is 13.2. The van der Waals surface area contributed by atoms with Crippen LogP contribution in [-0.4, -0.2) is 28.4 Å². The van der Waals surface area contributed by atoms with Gasteiger partial charge in [0, 0.05) is 23.8 Å². The largest absolute Gasteiger partial charge is 0.332 e. The molecule has 5 atom stereocenters. The van der Waals surface area contributed by atoms with Gasteiger partial charge in [0.25, 0.3) is 0 Å². The number of fused-ring (bicyclic) bond motifs is 1. The number of rotatable bonds is 3. The molecule has 4 nitrogen and oxygen atoms in total. The van der Waals surface area contributed by atoms with E-state index < -0.39 is 5.92 Å².